The fourth-order valence-corrected chi connectivity index (χ4v) is 4.20. The van der Waals surface area contributed by atoms with Crippen molar-refractivity contribution >= 4 is 33.9 Å². The summed E-state index contributed by atoms with van der Waals surface area (Å²) in [7, 11) is 3.29. The highest BCUT2D eigenvalue weighted by molar-refractivity contribution is 5.96. The predicted octanol–water partition coefficient (Wildman–Crippen LogP) is 5.80. The number of anilines is 2. The second-order valence-corrected chi connectivity index (χ2v) is 7.70. The van der Waals surface area contributed by atoms with Gasteiger partial charge in [-0.05, 0) is 67.8 Å². The van der Waals surface area contributed by atoms with Crippen LogP contribution >= 0.6 is 0 Å². The number of benzene rings is 1. The first-order valence-electron chi connectivity index (χ1n) is 12.2. The van der Waals surface area contributed by atoms with Gasteiger partial charge in [-0.2, -0.15) is 5.17 Å². The summed E-state index contributed by atoms with van der Waals surface area (Å²) in [6.07, 6.45) is 10.1. The number of carbonyl (C=O) groups excluding carboxylic acids is 1. The van der Waals surface area contributed by atoms with Gasteiger partial charge in [0, 0.05) is 42.5 Å². The summed E-state index contributed by atoms with van der Waals surface area (Å²) in [6.45, 7) is 8.31. The molecule has 0 bridgehead atoms. The summed E-state index contributed by atoms with van der Waals surface area (Å²) in [5.74, 6) is 0.118. The van der Waals surface area contributed by atoms with Crippen molar-refractivity contribution in [3.8, 4) is 0 Å². The fourth-order valence-electron chi connectivity index (χ4n) is 4.20. The van der Waals surface area contributed by atoms with Crippen LogP contribution in [0.1, 0.15) is 64.5 Å². The van der Waals surface area contributed by atoms with E-state index in [1.54, 1.807) is 22.8 Å². The molecular formula is C27H39N5O2. The van der Waals surface area contributed by atoms with Crippen LogP contribution in [0, 0.1) is 0 Å². The van der Waals surface area contributed by atoms with Crippen molar-refractivity contribution in [2.24, 2.45) is 5.73 Å². The Morgan fingerprint density at radius 1 is 1.21 bits per heavy atom. The van der Waals surface area contributed by atoms with Gasteiger partial charge in [0.25, 0.3) is 0 Å². The van der Waals surface area contributed by atoms with Crippen LogP contribution in [0.15, 0.2) is 48.8 Å². The molecule has 0 aliphatic carbocycles. The van der Waals surface area contributed by atoms with Crippen LogP contribution in [0.4, 0.5) is 11.4 Å². The highest BCUT2D eigenvalue weighted by Gasteiger charge is 2.23. The first-order valence-corrected chi connectivity index (χ1v) is 12.2. The maximum Gasteiger partial charge on any atom is 0.227 e. The fraction of sp³-hybridized carbons (Fsp3) is 0.407. The Kier molecular flexibility index (Phi) is 10.3. The molecule has 2 aromatic heterocycles. The lowest BCUT2D eigenvalue weighted by atomic mass is 10.0. The molecule has 0 saturated heterocycles. The van der Waals surface area contributed by atoms with Gasteiger partial charge in [0.1, 0.15) is 0 Å². The number of hydrogen-bond donors (Lipinski definition) is 2. The van der Waals surface area contributed by atoms with Crippen molar-refractivity contribution in [2.45, 2.75) is 59.8 Å². The van der Waals surface area contributed by atoms with Crippen LogP contribution in [0.5, 0.6) is 0 Å². The largest absolute Gasteiger partial charge is 0.333 e. The molecule has 34 heavy (non-hydrogen) atoms. The lowest BCUT2D eigenvalue weighted by Gasteiger charge is -2.27. The van der Waals surface area contributed by atoms with Crippen LogP contribution in [-0.4, -0.2) is 34.9 Å². The molecule has 4 rings (SSSR count). The lowest BCUT2D eigenvalue weighted by Crippen LogP contribution is -2.31. The first-order chi connectivity index (χ1) is 16.5. The zero-order valence-corrected chi connectivity index (χ0v) is 21.4. The van der Waals surface area contributed by atoms with Crippen LogP contribution in [0.25, 0.3) is 16.6 Å². The maximum atomic E-state index is 12.0. The maximum absolute atomic E-state index is 12.0. The van der Waals surface area contributed by atoms with Crippen LogP contribution in [0.3, 0.4) is 0 Å². The van der Waals surface area contributed by atoms with Crippen molar-refractivity contribution in [2.75, 3.05) is 24.2 Å². The molecule has 0 radical (unpaired) electrons. The molecule has 1 amide bonds. The highest BCUT2D eigenvalue weighted by Crippen LogP contribution is 2.33. The van der Waals surface area contributed by atoms with Crippen molar-refractivity contribution in [3.05, 3.63) is 59.9 Å². The number of fused-ring (bicyclic) bond motifs is 2. The molecule has 3 heterocycles. The van der Waals surface area contributed by atoms with E-state index in [1.165, 1.54) is 12.6 Å². The Hall–Kier alpha value is -3.16. The number of carbonyl (C=O) groups is 1. The number of pyridine rings is 1. The zero-order chi connectivity index (χ0) is 25.3. The molecule has 0 fully saturated rings. The molecule has 0 atom stereocenters. The molecule has 184 valence electrons. The second kappa shape index (κ2) is 12.9. The molecule has 1 aliphatic heterocycles. The van der Waals surface area contributed by atoms with E-state index in [1.807, 2.05) is 44.3 Å². The molecule has 7 nitrogen and oxygen atoms in total. The van der Waals surface area contributed by atoms with E-state index in [2.05, 4.69) is 36.7 Å². The predicted molar refractivity (Wildman–Crippen MR) is 142 cm³/mol. The van der Waals surface area contributed by atoms with Crippen LogP contribution in [-0.2, 0) is 11.2 Å². The Balaban J connectivity index is 0.000000970. The number of nitrogens with zero attached hydrogens (tertiary/aromatic N) is 4. The molecule has 1 aliphatic rings. The van der Waals surface area contributed by atoms with Gasteiger partial charge in [-0.3, -0.25) is 10.0 Å². The van der Waals surface area contributed by atoms with Gasteiger partial charge in [0.2, 0.25) is 5.91 Å². The quantitative estimate of drug-likeness (QED) is 0.449. The lowest BCUT2D eigenvalue weighted by molar-refractivity contribution is -0.118. The van der Waals surface area contributed by atoms with Gasteiger partial charge in [-0.1, -0.05) is 40.2 Å². The summed E-state index contributed by atoms with van der Waals surface area (Å²) in [5.41, 5.74) is 10.2. The van der Waals surface area contributed by atoms with E-state index >= 15 is 0 Å². The molecule has 3 N–H and O–H groups in total. The second-order valence-electron chi connectivity index (χ2n) is 7.70. The van der Waals surface area contributed by atoms with E-state index in [4.69, 9.17) is 0 Å². The summed E-state index contributed by atoms with van der Waals surface area (Å²) < 4.78 is 1.70. The van der Waals surface area contributed by atoms with Crippen molar-refractivity contribution in [1.29, 1.82) is 0 Å². The SMILES string of the molecule is CC.CC/C=C(\CCC)c1cn(N(O)c2ccc3c(c2)CCC(=O)N3C)c2ncccc12.CN. The number of allylic oxidation sites excluding steroid dienone is 2. The Morgan fingerprint density at radius 2 is 1.94 bits per heavy atom. The number of aromatic nitrogens is 2. The average Bonchev–Trinajstić information content (AvgIpc) is 3.27. The topological polar surface area (TPSA) is 87.6 Å². The number of amides is 1. The van der Waals surface area contributed by atoms with E-state index < -0.39 is 0 Å². The van der Waals surface area contributed by atoms with Gasteiger partial charge in [0.15, 0.2) is 5.65 Å². The van der Waals surface area contributed by atoms with E-state index in [0.29, 0.717) is 24.2 Å². The smallest absolute Gasteiger partial charge is 0.227 e. The van der Waals surface area contributed by atoms with Crippen molar-refractivity contribution < 1.29 is 10.0 Å². The summed E-state index contributed by atoms with van der Waals surface area (Å²) >= 11 is 0. The minimum Gasteiger partial charge on any atom is -0.333 e. The molecule has 7 heteroatoms. The third-order valence-electron chi connectivity index (χ3n) is 5.70. The van der Waals surface area contributed by atoms with Crippen LogP contribution < -0.4 is 15.8 Å². The molecule has 0 spiro atoms. The number of hydrogen-bond acceptors (Lipinski definition) is 5. The van der Waals surface area contributed by atoms with E-state index in [0.717, 1.165) is 46.6 Å². The molecule has 0 unspecified atom stereocenters. The highest BCUT2D eigenvalue weighted by atomic mass is 16.5. The first kappa shape index (κ1) is 27.1. The van der Waals surface area contributed by atoms with Gasteiger partial charge in [0.05, 0.1) is 5.69 Å². The molecular weight excluding hydrogens is 426 g/mol. The van der Waals surface area contributed by atoms with Crippen LogP contribution in [0.2, 0.25) is 0 Å². The van der Waals surface area contributed by atoms with Gasteiger partial charge in [-0.25, -0.2) is 9.66 Å². The van der Waals surface area contributed by atoms with Gasteiger partial charge < -0.3 is 10.6 Å². The summed E-state index contributed by atoms with van der Waals surface area (Å²) in [5, 5.41) is 13.3. The standard InChI is InChI=1S/C24H28N4O2.C2H6.CH5N/c1-4-7-17(8-5-2)21-16-27(24-20(21)9-6-14-25-24)28(30)19-11-12-22-18(15-19)10-13-23(29)26(22)3;2*1-2/h6-7,9,11-12,14-16,30H,4-5,8,10,13H2,1-3H3;1-2H3;2H2,1H3/b17-7+;;. The monoisotopic (exact) mass is 465 g/mol. The third kappa shape index (κ3) is 5.48. The van der Waals surface area contributed by atoms with Crippen molar-refractivity contribution in [3.63, 3.8) is 0 Å². The summed E-state index contributed by atoms with van der Waals surface area (Å²) in [4.78, 5) is 18.2. The minimum absolute atomic E-state index is 0.118. The number of nitrogens with two attached hydrogens (primary N) is 1. The normalized spacial score (nSPS) is 13.0. The zero-order valence-electron chi connectivity index (χ0n) is 21.4. The van der Waals surface area contributed by atoms with E-state index in [9.17, 15) is 10.0 Å². The van der Waals surface area contributed by atoms with Crippen molar-refractivity contribution in [1.82, 2.24) is 9.66 Å². The summed E-state index contributed by atoms with van der Waals surface area (Å²) in [6, 6.07) is 9.65. The van der Waals surface area contributed by atoms with Gasteiger partial charge in [-0.15, -0.1) is 0 Å². The third-order valence-corrected chi connectivity index (χ3v) is 5.70. The minimum atomic E-state index is 0.118. The average molecular weight is 466 g/mol. The Morgan fingerprint density at radius 3 is 2.62 bits per heavy atom. The molecule has 0 saturated carbocycles. The Bertz CT molecular complexity index is 1120. The van der Waals surface area contributed by atoms with Gasteiger partial charge >= 0.3 is 0 Å². The molecule has 1 aromatic carbocycles. The Labute approximate surface area is 203 Å². The van der Waals surface area contributed by atoms with E-state index in [-0.39, 0.29) is 5.91 Å². The number of rotatable bonds is 6. The molecule has 3 aromatic rings. The number of aryl methyl sites for hydroxylation is 1.